The van der Waals surface area contributed by atoms with E-state index in [9.17, 15) is 4.39 Å². The Balaban J connectivity index is 2.46. The molecule has 0 aliphatic heterocycles. The maximum atomic E-state index is 13.3. The van der Waals surface area contributed by atoms with E-state index in [1.165, 1.54) is 12.1 Å². The molecule has 20 heavy (non-hydrogen) atoms. The first-order valence-corrected chi connectivity index (χ1v) is 5.59. The number of hydrazone groups is 1. The molecule has 1 aromatic heterocycles. The lowest BCUT2D eigenvalue weighted by atomic mass is 10.2. The molecule has 0 aliphatic rings. The molecule has 6 nitrogen and oxygen atoms in total. The van der Waals surface area contributed by atoms with Gasteiger partial charge in [-0.3, -0.25) is 5.43 Å². The summed E-state index contributed by atoms with van der Waals surface area (Å²) in [7, 11) is 0. The van der Waals surface area contributed by atoms with Crippen molar-refractivity contribution in [3.8, 4) is 17.8 Å². The topological polar surface area (TPSA) is 89.8 Å². The maximum Gasteiger partial charge on any atom is 0.237 e. The highest BCUT2D eigenvalue weighted by Gasteiger charge is 2.08. The van der Waals surface area contributed by atoms with Gasteiger partial charge in [0.15, 0.2) is 0 Å². The molecule has 1 aromatic carbocycles. The molecule has 0 aliphatic carbocycles. The Morgan fingerprint density at radius 3 is 2.75 bits per heavy atom. The minimum atomic E-state index is -0.459. The van der Waals surface area contributed by atoms with Crippen LogP contribution in [0.1, 0.15) is 5.82 Å². The third kappa shape index (κ3) is 2.62. The number of hydrogen-bond donors (Lipinski definition) is 1. The van der Waals surface area contributed by atoms with Crippen LogP contribution in [0.15, 0.2) is 35.7 Å². The van der Waals surface area contributed by atoms with Crippen LogP contribution in [0, 0.1) is 35.4 Å². The summed E-state index contributed by atoms with van der Waals surface area (Å²) in [6.07, 6.45) is 3.33. The number of aromatic nitrogens is 2. The van der Waals surface area contributed by atoms with Gasteiger partial charge in [-0.15, -0.1) is 0 Å². The van der Waals surface area contributed by atoms with Crippen LogP contribution in [0.4, 0.5) is 10.1 Å². The molecular weight excluding hydrogens is 259 g/mol. The standard InChI is InChI=1S/C13H9FN6/c1-9-17-4-5-20(9)13-3-2-10(14)6-12(13)19-18-11(7-15)8-16/h2-6,19H,1H3. The van der Waals surface area contributed by atoms with Crippen molar-refractivity contribution < 1.29 is 4.39 Å². The molecule has 0 spiro atoms. The van der Waals surface area contributed by atoms with Crippen molar-refractivity contribution in [3.05, 3.63) is 42.2 Å². The molecule has 7 heteroatoms. The first-order chi connectivity index (χ1) is 9.65. The van der Waals surface area contributed by atoms with Crippen LogP contribution >= 0.6 is 0 Å². The second kappa shape index (κ2) is 5.63. The third-order valence-corrected chi connectivity index (χ3v) is 2.54. The highest BCUT2D eigenvalue weighted by atomic mass is 19.1. The number of nitriles is 2. The summed E-state index contributed by atoms with van der Waals surface area (Å²) in [5.74, 6) is 0.254. The van der Waals surface area contributed by atoms with Gasteiger partial charge in [0.05, 0.1) is 11.4 Å². The molecule has 0 unspecified atom stereocenters. The predicted molar refractivity (Wildman–Crippen MR) is 70.5 cm³/mol. The fourth-order valence-electron chi connectivity index (χ4n) is 1.63. The summed E-state index contributed by atoms with van der Waals surface area (Å²) >= 11 is 0. The van der Waals surface area contributed by atoms with Crippen molar-refractivity contribution in [2.45, 2.75) is 6.92 Å². The molecule has 0 atom stereocenters. The van der Waals surface area contributed by atoms with Gasteiger partial charge in [0, 0.05) is 18.5 Å². The van der Waals surface area contributed by atoms with Crippen molar-refractivity contribution in [1.82, 2.24) is 9.55 Å². The summed E-state index contributed by atoms with van der Waals surface area (Å²) in [5, 5.41) is 20.9. The summed E-state index contributed by atoms with van der Waals surface area (Å²) in [5.41, 5.74) is 3.12. The van der Waals surface area contributed by atoms with Crippen LogP contribution in [-0.2, 0) is 0 Å². The van der Waals surface area contributed by atoms with Gasteiger partial charge in [0.2, 0.25) is 5.71 Å². The third-order valence-electron chi connectivity index (χ3n) is 2.54. The minimum Gasteiger partial charge on any atom is -0.302 e. The zero-order chi connectivity index (χ0) is 14.5. The summed E-state index contributed by atoms with van der Waals surface area (Å²) in [4.78, 5) is 4.09. The number of anilines is 1. The highest BCUT2D eigenvalue weighted by molar-refractivity contribution is 6.10. The number of nitrogens with zero attached hydrogens (tertiary/aromatic N) is 5. The average molecular weight is 268 g/mol. The summed E-state index contributed by atoms with van der Waals surface area (Å²) in [6.45, 7) is 1.80. The van der Waals surface area contributed by atoms with Crippen LogP contribution in [0.2, 0.25) is 0 Å². The smallest absolute Gasteiger partial charge is 0.237 e. The molecule has 0 saturated heterocycles. The monoisotopic (exact) mass is 268 g/mol. The molecule has 98 valence electrons. The van der Waals surface area contributed by atoms with E-state index < -0.39 is 5.82 Å². The Labute approximate surface area is 114 Å². The quantitative estimate of drug-likeness (QED) is 0.682. The lowest BCUT2D eigenvalue weighted by Gasteiger charge is -2.11. The Morgan fingerprint density at radius 2 is 2.15 bits per heavy atom. The zero-order valence-electron chi connectivity index (χ0n) is 10.5. The van der Waals surface area contributed by atoms with Gasteiger partial charge in [-0.25, -0.2) is 9.37 Å². The van der Waals surface area contributed by atoms with Crippen molar-refractivity contribution >= 4 is 11.4 Å². The van der Waals surface area contributed by atoms with E-state index in [0.29, 0.717) is 17.2 Å². The molecule has 2 aromatic rings. The Kier molecular flexibility index (Phi) is 3.73. The van der Waals surface area contributed by atoms with Gasteiger partial charge in [-0.1, -0.05) is 0 Å². The van der Waals surface area contributed by atoms with Crippen molar-refractivity contribution in [2.24, 2.45) is 5.10 Å². The van der Waals surface area contributed by atoms with Crippen molar-refractivity contribution in [2.75, 3.05) is 5.43 Å². The van der Waals surface area contributed by atoms with Gasteiger partial charge in [0.25, 0.3) is 0 Å². The zero-order valence-corrected chi connectivity index (χ0v) is 10.5. The molecule has 2 rings (SSSR count). The second-order valence-electron chi connectivity index (χ2n) is 3.80. The van der Waals surface area contributed by atoms with Crippen molar-refractivity contribution in [3.63, 3.8) is 0 Å². The molecule has 0 radical (unpaired) electrons. The van der Waals surface area contributed by atoms with Crippen LogP contribution < -0.4 is 5.43 Å². The fraction of sp³-hybridized carbons (Fsp3) is 0.0769. The largest absolute Gasteiger partial charge is 0.302 e. The number of rotatable bonds is 3. The molecule has 0 fully saturated rings. The van der Waals surface area contributed by atoms with E-state index in [4.69, 9.17) is 10.5 Å². The van der Waals surface area contributed by atoms with Gasteiger partial charge >= 0.3 is 0 Å². The van der Waals surface area contributed by atoms with E-state index >= 15 is 0 Å². The van der Waals surface area contributed by atoms with Gasteiger partial charge in [-0.2, -0.15) is 15.6 Å². The Morgan fingerprint density at radius 1 is 1.40 bits per heavy atom. The number of imidazole rings is 1. The SMILES string of the molecule is Cc1nccn1-c1ccc(F)cc1NN=C(C#N)C#N. The lowest BCUT2D eigenvalue weighted by Crippen LogP contribution is -2.03. The lowest BCUT2D eigenvalue weighted by molar-refractivity contribution is 0.628. The Bertz CT molecular complexity index is 731. The molecule has 0 amide bonds. The molecular formula is C13H9FN6. The number of aryl methyl sites for hydroxylation is 1. The first kappa shape index (κ1) is 13.2. The predicted octanol–water partition coefficient (Wildman–Crippen LogP) is 2.13. The van der Waals surface area contributed by atoms with Crippen LogP contribution in [0.3, 0.4) is 0 Å². The minimum absolute atomic E-state index is 0.328. The van der Waals surface area contributed by atoms with Gasteiger partial charge in [-0.05, 0) is 19.1 Å². The normalized spacial score (nSPS) is 9.40. The first-order valence-electron chi connectivity index (χ1n) is 5.59. The number of nitrogens with one attached hydrogen (secondary N) is 1. The molecule has 1 N–H and O–H groups in total. The van der Waals surface area contributed by atoms with Crippen LogP contribution in [-0.4, -0.2) is 15.3 Å². The summed E-state index contributed by atoms with van der Waals surface area (Å²) < 4.78 is 15.1. The van der Waals surface area contributed by atoms with E-state index in [2.05, 4.69) is 15.5 Å². The summed E-state index contributed by atoms with van der Waals surface area (Å²) in [6, 6.07) is 7.32. The van der Waals surface area contributed by atoms with E-state index in [0.717, 1.165) is 0 Å². The highest BCUT2D eigenvalue weighted by Crippen LogP contribution is 2.22. The van der Waals surface area contributed by atoms with E-state index in [1.807, 2.05) is 0 Å². The molecule has 0 bridgehead atoms. The second-order valence-corrected chi connectivity index (χ2v) is 3.80. The average Bonchev–Trinajstić information content (AvgIpc) is 2.86. The molecule has 1 heterocycles. The van der Waals surface area contributed by atoms with Crippen molar-refractivity contribution in [1.29, 1.82) is 10.5 Å². The van der Waals surface area contributed by atoms with E-state index in [1.54, 1.807) is 42.1 Å². The van der Waals surface area contributed by atoms with E-state index in [-0.39, 0.29) is 5.71 Å². The molecule has 0 saturated carbocycles. The Hall–Kier alpha value is -3.19. The van der Waals surface area contributed by atoms with Gasteiger partial charge in [0.1, 0.15) is 23.8 Å². The number of benzene rings is 1. The van der Waals surface area contributed by atoms with Crippen LogP contribution in [0.5, 0.6) is 0 Å². The number of halogens is 1. The van der Waals surface area contributed by atoms with Crippen LogP contribution in [0.25, 0.3) is 5.69 Å². The fourth-order valence-corrected chi connectivity index (χ4v) is 1.63. The van der Waals surface area contributed by atoms with Gasteiger partial charge < -0.3 is 4.57 Å². The maximum absolute atomic E-state index is 13.3. The number of hydrogen-bond acceptors (Lipinski definition) is 5.